The Kier molecular flexibility index (Phi) is 14.1. The lowest BCUT2D eigenvalue weighted by Crippen LogP contribution is -2.66. The van der Waals surface area contributed by atoms with Crippen LogP contribution in [0.15, 0.2) is 48.7 Å². The van der Waals surface area contributed by atoms with Crippen molar-refractivity contribution in [3.63, 3.8) is 0 Å². The first-order valence-electron chi connectivity index (χ1n) is 11.6. The summed E-state index contributed by atoms with van der Waals surface area (Å²) in [6.07, 6.45) is -7.51. The molecule has 0 spiro atoms. The van der Waals surface area contributed by atoms with Gasteiger partial charge in [0.15, 0.2) is 12.5 Å². The fourth-order valence-electron chi connectivity index (χ4n) is 3.25. The number of carbonyl (C=O) groups is 1. The van der Waals surface area contributed by atoms with Crippen molar-refractivity contribution < 1.29 is 52.6 Å². The summed E-state index contributed by atoms with van der Waals surface area (Å²) in [6, 6.07) is -2.78. The first kappa shape index (κ1) is 33.7. The van der Waals surface area contributed by atoms with Crippen LogP contribution in [0.4, 0.5) is 18.0 Å². The van der Waals surface area contributed by atoms with Gasteiger partial charge in [-0.05, 0) is 19.4 Å². The number of carbonyl (C=O) groups excluding carboxylic acids is 1. The normalized spacial score (nSPS) is 25.9. The zero-order valence-corrected chi connectivity index (χ0v) is 20.9. The summed E-state index contributed by atoms with van der Waals surface area (Å²) in [5.74, 6) is 0. The Morgan fingerprint density at radius 3 is 2.47 bits per heavy atom. The number of allylic oxidation sites excluding steroid dienone is 5. The standard InChI is InChI=1S/C23H37F3N4O8/c1-4-14(8-6-5-7-12(2)23(24,25)26)29-22(35)30-15-11-36-17(10-32)18(27)19(15)38-21(20(28)34)37-16(9-31)13(3)33/h4-5,7-8,13,15-21,31-34H,1-2,6,9-11,27-28H2,3H3,(H2,29,30,35)/b7-5-,14-8+/t13?,15?,16?,17?,18?,19?,20-,21?/m0/s1. The van der Waals surface area contributed by atoms with Gasteiger partial charge in [0, 0.05) is 11.3 Å². The number of hydrogen-bond donors (Lipinski definition) is 8. The van der Waals surface area contributed by atoms with Crippen LogP contribution in [0, 0.1) is 0 Å². The molecular formula is C23H37F3N4O8. The molecule has 0 aromatic rings. The molecule has 1 aliphatic heterocycles. The summed E-state index contributed by atoms with van der Waals surface area (Å²) in [6.45, 7) is 6.51. The van der Waals surface area contributed by atoms with Crippen LogP contribution in [-0.4, -0.2) is 101 Å². The first-order chi connectivity index (χ1) is 17.7. The van der Waals surface area contributed by atoms with Crippen molar-refractivity contribution in [1.82, 2.24) is 10.6 Å². The van der Waals surface area contributed by atoms with Crippen molar-refractivity contribution in [2.24, 2.45) is 11.5 Å². The van der Waals surface area contributed by atoms with Crippen LogP contribution in [0.25, 0.3) is 0 Å². The molecule has 0 radical (unpaired) electrons. The number of nitrogens with two attached hydrogens (primary N) is 2. The van der Waals surface area contributed by atoms with Gasteiger partial charge in [-0.25, -0.2) is 4.79 Å². The molecule has 0 aromatic carbocycles. The van der Waals surface area contributed by atoms with E-state index in [0.29, 0.717) is 0 Å². The van der Waals surface area contributed by atoms with E-state index in [1.807, 2.05) is 0 Å². The van der Waals surface area contributed by atoms with E-state index >= 15 is 0 Å². The number of urea groups is 1. The summed E-state index contributed by atoms with van der Waals surface area (Å²) in [5.41, 5.74) is 10.8. The van der Waals surface area contributed by atoms with Gasteiger partial charge in [-0.2, -0.15) is 13.2 Å². The Balaban J connectivity index is 2.95. The zero-order valence-electron chi connectivity index (χ0n) is 20.9. The third-order valence-electron chi connectivity index (χ3n) is 5.42. The molecule has 38 heavy (non-hydrogen) atoms. The number of aliphatic hydroxyl groups excluding tert-OH is 4. The Labute approximate surface area is 218 Å². The second kappa shape index (κ2) is 15.9. The smallest absolute Gasteiger partial charge is 0.394 e. The van der Waals surface area contributed by atoms with E-state index < -0.39 is 80.0 Å². The van der Waals surface area contributed by atoms with E-state index in [2.05, 4.69) is 23.8 Å². The van der Waals surface area contributed by atoms with Crippen LogP contribution in [0.5, 0.6) is 0 Å². The minimum absolute atomic E-state index is 0.0285. The fourth-order valence-corrected chi connectivity index (χ4v) is 3.25. The van der Waals surface area contributed by atoms with E-state index in [1.54, 1.807) is 0 Å². The summed E-state index contributed by atoms with van der Waals surface area (Å²) >= 11 is 0. The number of alkyl halides is 3. The maximum absolute atomic E-state index is 12.6. The molecule has 1 rings (SSSR count). The monoisotopic (exact) mass is 554 g/mol. The molecule has 1 fully saturated rings. The number of halogens is 3. The summed E-state index contributed by atoms with van der Waals surface area (Å²) in [5, 5.41) is 43.6. The van der Waals surface area contributed by atoms with Crippen molar-refractivity contribution in [1.29, 1.82) is 0 Å². The summed E-state index contributed by atoms with van der Waals surface area (Å²) < 4.78 is 54.1. The average molecular weight is 555 g/mol. The Morgan fingerprint density at radius 1 is 1.32 bits per heavy atom. The summed E-state index contributed by atoms with van der Waals surface area (Å²) in [7, 11) is 0. The SMILES string of the molecule is C=C/C(=C\C/C=C\C(=C)C(F)(F)F)NC(=O)NC1COC(CO)C(N)C1OC(OC(CO)C(C)O)[C@@H](N)O. The molecule has 0 bridgehead atoms. The molecular weight excluding hydrogens is 517 g/mol. The molecule has 10 N–H and O–H groups in total. The van der Waals surface area contributed by atoms with Gasteiger partial charge in [0.1, 0.15) is 12.2 Å². The number of hydrogen-bond acceptors (Lipinski definition) is 10. The van der Waals surface area contributed by atoms with Crippen LogP contribution < -0.4 is 22.1 Å². The highest BCUT2D eigenvalue weighted by molar-refractivity contribution is 5.76. The molecule has 1 aliphatic rings. The van der Waals surface area contributed by atoms with Gasteiger partial charge in [0.25, 0.3) is 0 Å². The number of rotatable bonds is 14. The third-order valence-corrected chi connectivity index (χ3v) is 5.42. The second-order valence-corrected chi connectivity index (χ2v) is 8.42. The quantitative estimate of drug-likeness (QED) is 0.0998. The fraction of sp³-hybridized carbons (Fsp3) is 0.609. The van der Waals surface area contributed by atoms with Crippen LogP contribution >= 0.6 is 0 Å². The van der Waals surface area contributed by atoms with E-state index in [-0.39, 0.29) is 18.7 Å². The molecule has 0 aromatic heterocycles. The van der Waals surface area contributed by atoms with Crippen molar-refractivity contribution >= 4 is 6.03 Å². The second-order valence-electron chi connectivity index (χ2n) is 8.42. The van der Waals surface area contributed by atoms with Gasteiger partial charge >= 0.3 is 12.2 Å². The third kappa shape index (κ3) is 10.8. The van der Waals surface area contributed by atoms with Crippen molar-refractivity contribution in [2.75, 3.05) is 19.8 Å². The van der Waals surface area contributed by atoms with Crippen LogP contribution in [0.1, 0.15) is 13.3 Å². The first-order valence-corrected chi connectivity index (χ1v) is 11.6. The van der Waals surface area contributed by atoms with Gasteiger partial charge in [-0.3, -0.25) is 0 Å². The molecule has 2 amide bonds. The molecule has 1 heterocycles. The summed E-state index contributed by atoms with van der Waals surface area (Å²) in [4.78, 5) is 12.6. The Bertz CT molecular complexity index is 838. The highest BCUT2D eigenvalue weighted by Gasteiger charge is 2.42. The average Bonchev–Trinajstić information content (AvgIpc) is 2.83. The van der Waals surface area contributed by atoms with E-state index in [9.17, 15) is 38.4 Å². The van der Waals surface area contributed by atoms with Crippen LogP contribution in [-0.2, 0) is 14.2 Å². The molecule has 7 unspecified atom stereocenters. The molecule has 15 heteroatoms. The lowest BCUT2D eigenvalue weighted by molar-refractivity contribution is -0.268. The van der Waals surface area contributed by atoms with E-state index in [4.69, 9.17) is 25.7 Å². The molecule has 0 aliphatic carbocycles. The predicted molar refractivity (Wildman–Crippen MR) is 130 cm³/mol. The van der Waals surface area contributed by atoms with Crippen molar-refractivity contribution in [3.8, 4) is 0 Å². The number of ether oxygens (including phenoxy) is 3. The number of aliphatic hydroxyl groups is 4. The van der Waals surface area contributed by atoms with Gasteiger partial charge < -0.3 is 56.7 Å². The van der Waals surface area contributed by atoms with Crippen molar-refractivity contribution in [3.05, 3.63) is 48.7 Å². The van der Waals surface area contributed by atoms with Gasteiger partial charge in [0.2, 0.25) is 0 Å². The topological polar surface area (TPSA) is 202 Å². The lowest BCUT2D eigenvalue weighted by Gasteiger charge is -2.42. The highest BCUT2D eigenvalue weighted by atomic mass is 19.4. The molecule has 1 saturated heterocycles. The Morgan fingerprint density at radius 2 is 1.97 bits per heavy atom. The molecule has 8 atom stereocenters. The van der Waals surface area contributed by atoms with E-state index in [0.717, 1.165) is 6.08 Å². The van der Waals surface area contributed by atoms with Crippen LogP contribution in [0.3, 0.4) is 0 Å². The molecule has 218 valence electrons. The van der Waals surface area contributed by atoms with Gasteiger partial charge in [-0.1, -0.05) is 31.4 Å². The zero-order chi connectivity index (χ0) is 29.0. The Hall–Kier alpha value is -2.34. The number of amides is 2. The maximum atomic E-state index is 12.6. The molecule has 0 saturated carbocycles. The van der Waals surface area contributed by atoms with E-state index in [1.165, 1.54) is 25.2 Å². The minimum Gasteiger partial charge on any atom is -0.394 e. The minimum atomic E-state index is -4.55. The maximum Gasteiger partial charge on any atom is 0.415 e. The number of nitrogens with one attached hydrogen (secondary N) is 2. The van der Waals surface area contributed by atoms with Gasteiger partial charge in [0.05, 0.1) is 44.1 Å². The van der Waals surface area contributed by atoms with Crippen molar-refractivity contribution in [2.45, 2.75) is 68.5 Å². The largest absolute Gasteiger partial charge is 0.415 e. The lowest BCUT2D eigenvalue weighted by atomic mass is 9.96. The highest BCUT2D eigenvalue weighted by Crippen LogP contribution is 2.25. The van der Waals surface area contributed by atoms with Crippen LogP contribution in [0.2, 0.25) is 0 Å². The van der Waals surface area contributed by atoms with Gasteiger partial charge in [-0.15, -0.1) is 0 Å². The predicted octanol–water partition coefficient (Wildman–Crippen LogP) is -0.746. The molecule has 12 nitrogen and oxygen atoms in total.